The van der Waals surface area contributed by atoms with Gasteiger partial charge in [-0.05, 0) is 0 Å². The molecule has 0 aliphatic carbocycles. The monoisotopic (exact) mass is 164 g/mol. The first-order valence-electron chi connectivity index (χ1n) is 3.43. The predicted octanol–water partition coefficient (Wildman–Crippen LogP) is -2.54. The van der Waals surface area contributed by atoms with Crippen molar-refractivity contribution in [3.8, 4) is 0 Å². The summed E-state index contributed by atoms with van der Waals surface area (Å²) in [7, 11) is 0. The van der Waals surface area contributed by atoms with E-state index in [-0.39, 0.29) is 6.61 Å². The first-order valence-corrected chi connectivity index (χ1v) is 3.43. The molecule has 5 nitrogen and oxygen atoms in total. The summed E-state index contributed by atoms with van der Waals surface area (Å²) >= 11 is 0. The molecule has 0 aromatic rings. The molecular weight excluding hydrogens is 152 g/mol. The van der Waals surface area contributed by atoms with E-state index in [0.29, 0.717) is 0 Å². The maximum atomic E-state index is 9.11. The minimum atomic E-state index is -1.12. The van der Waals surface area contributed by atoms with E-state index in [4.69, 9.17) is 25.2 Å². The summed E-state index contributed by atoms with van der Waals surface area (Å²) in [6.45, 7) is -0.475. The zero-order chi connectivity index (χ0) is 8.43. The maximum absolute atomic E-state index is 9.11. The molecule has 1 rings (SSSR count). The third-order valence-corrected chi connectivity index (χ3v) is 1.76. The number of rotatable bonds is 2. The fourth-order valence-electron chi connectivity index (χ4n) is 1.07. The van der Waals surface area contributed by atoms with Crippen molar-refractivity contribution in [1.29, 1.82) is 0 Å². The lowest BCUT2D eigenvalue weighted by Gasteiger charge is -2.18. The van der Waals surface area contributed by atoms with Gasteiger partial charge in [-0.25, -0.2) is 0 Å². The molecule has 0 radical (unpaired) electrons. The van der Waals surface area contributed by atoms with Gasteiger partial charge >= 0.3 is 0 Å². The Hall–Kier alpha value is -0.200. The van der Waals surface area contributed by atoms with Crippen molar-refractivity contribution in [2.45, 2.75) is 24.4 Å². The Kier molecular flexibility index (Phi) is 2.80. The normalized spacial score (nSPS) is 40.9. The van der Waals surface area contributed by atoms with Crippen molar-refractivity contribution < 1.29 is 25.2 Å². The van der Waals surface area contributed by atoms with Crippen LogP contribution in [0.5, 0.6) is 0 Å². The van der Waals surface area contributed by atoms with Gasteiger partial charge in [-0.3, -0.25) is 0 Å². The molecule has 1 fully saturated rings. The molecule has 0 aromatic heterocycles. The van der Waals surface area contributed by atoms with Gasteiger partial charge in [0.1, 0.15) is 24.4 Å². The van der Waals surface area contributed by atoms with Crippen LogP contribution in [0, 0.1) is 0 Å². The molecule has 0 amide bonds. The zero-order valence-corrected chi connectivity index (χ0v) is 5.92. The molecule has 1 heterocycles. The summed E-state index contributed by atoms with van der Waals surface area (Å²) < 4.78 is 4.82. The lowest BCUT2D eigenvalue weighted by molar-refractivity contribution is -0.0684. The van der Waals surface area contributed by atoms with Gasteiger partial charge in [-0.2, -0.15) is 0 Å². The SMILES string of the molecule is OCC(O)C1OCC(O)C1O. The molecule has 4 atom stereocenters. The van der Waals surface area contributed by atoms with Crippen molar-refractivity contribution in [3.05, 3.63) is 0 Å². The van der Waals surface area contributed by atoms with Crippen molar-refractivity contribution in [2.75, 3.05) is 13.2 Å². The van der Waals surface area contributed by atoms with Crippen LogP contribution in [0.4, 0.5) is 0 Å². The van der Waals surface area contributed by atoms with Crippen molar-refractivity contribution in [2.24, 2.45) is 0 Å². The summed E-state index contributed by atoms with van der Waals surface area (Å²) in [6, 6.07) is 0. The largest absolute Gasteiger partial charge is 0.394 e. The number of aliphatic hydroxyl groups is 4. The molecule has 0 bridgehead atoms. The molecule has 1 saturated heterocycles. The van der Waals surface area contributed by atoms with Gasteiger partial charge in [-0.1, -0.05) is 0 Å². The Balaban J connectivity index is 2.47. The third-order valence-electron chi connectivity index (χ3n) is 1.76. The first-order chi connectivity index (χ1) is 5.16. The number of ether oxygens (including phenoxy) is 1. The van der Waals surface area contributed by atoms with Crippen LogP contribution in [0.25, 0.3) is 0 Å². The molecule has 0 aromatic carbocycles. The van der Waals surface area contributed by atoms with Crippen LogP contribution in [0.3, 0.4) is 0 Å². The van der Waals surface area contributed by atoms with Crippen LogP contribution in [0.2, 0.25) is 0 Å². The fraction of sp³-hybridized carbons (Fsp3) is 1.00. The molecule has 5 heteroatoms. The van der Waals surface area contributed by atoms with Crippen LogP contribution in [-0.2, 0) is 4.74 Å². The highest BCUT2D eigenvalue weighted by atomic mass is 16.5. The van der Waals surface area contributed by atoms with Crippen molar-refractivity contribution in [1.82, 2.24) is 0 Å². The third kappa shape index (κ3) is 1.69. The fourth-order valence-corrected chi connectivity index (χ4v) is 1.07. The van der Waals surface area contributed by atoms with E-state index >= 15 is 0 Å². The average Bonchev–Trinajstić information content (AvgIpc) is 2.32. The Morgan fingerprint density at radius 1 is 1.45 bits per heavy atom. The van der Waals surface area contributed by atoms with Gasteiger partial charge in [0.25, 0.3) is 0 Å². The van der Waals surface area contributed by atoms with Gasteiger partial charge in [0.05, 0.1) is 13.2 Å². The van der Waals surface area contributed by atoms with Crippen LogP contribution >= 0.6 is 0 Å². The summed E-state index contributed by atoms with van der Waals surface area (Å²) in [6.07, 6.45) is -4.05. The molecule has 4 unspecified atom stereocenters. The Morgan fingerprint density at radius 3 is 2.45 bits per heavy atom. The van der Waals surface area contributed by atoms with Gasteiger partial charge in [-0.15, -0.1) is 0 Å². The van der Waals surface area contributed by atoms with E-state index in [2.05, 4.69) is 0 Å². The predicted molar refractivity (Wildman–Crippen MR) is 34.8 cm³/mol. The van der Waals surface area contributed by atoms with Crippen LogP contribution < -0.4 is 0 Å². The summed E-state index contributed by atoms with van der Waals surface area (Å²) in [5.41, 5.74) is 0. The van der Waals surface area contributed by atoms with E-state index in [1.54, 1.807) is 0 Å². The lowest BCUT2D eigenvalue weighted by Crippen LogP contribution is -2.40. The van der Waals surface area contributed by atoms with Gasteiger partial charge < -0.3 is 25.2 Å². The molecule has 1 aliphatic heterocycles. The first kappa shape index (κ1) is 8.89. The standard InChI is InChI=1S/C6H12O5/c7-1-3(8)6-5(10)4(9)2-11-6/h3-10H,1-2H2. The zero-order valence-electron chi connectivity index (χ0n) is 5.92. The topological polar surface area (TPSA) is 90.2 Å². The minimum absolute atomic E-state index is 0.00287. The molecule has 1 aliphatic rings. The molecule has 11 heavy (non-hydrogen) atoms. The summed E-state index contributed by atoms with van der Waals surface area (Å²) in [4.78, 5) is 0. The molecular formula is C6H12O5. The maximum Gasteiger partial charge on any atom is 0.114 e. The highest BCUT2D eigenvalue weighted by Crippen LogP contribution is 2.16. The number of hydrogen-bond acceptors (Lipinski definition) is 5. The van der Waals surface area contributed by atoms with E-state index in [0.717, 1.165) is 0 Å². The van der Waals surface area contributed by atoms with Crippen LogP contribution in [-0.4, -0.2) is 58.1 Å². The van der Waals surface area contributed by atoms with Gasteiger partial charge in [0, 0.05) is 0 Å². The Labute approximate surface area is 63.8 Å². The molecule has 4 N–H and O–H groups in total. The van der Waals surface area contributed by atoms with Crippen LogP contribution in [0.15, 0.2) is 0 Å². The Morgan fingerprint density at radius 2 is 2.09 bits per heavy atom. The second-order valence-electron chi connectivity index (χ2n) is 2.61. The van der Waals surface area contributed by atoms with Crippen molar-refractivity contribution >= 4 is 0 Å². The van der Waals surface area contributed by atoms with E-state index < -0.39 is 31.0 Å². The van der Waals surface area contributed by atoms with Gasteiger partial charge in [0.2, 0.25) is 0 Å². The molecule has 0 saturated carbocycles. The molecule has 66 valence electrons. The van der Waals surface area contributed by atoms with Gasteiger partial charge in [0.15, 0.2) is 0 Å². The lowest BCUT2D eigenvalue weighted by atomic mass is 10.1. The Bertz CT molecular complexity index is 128. The average molecular weight is 164 g/mol. The second-order valence-corrected chi connectivity index (χ2v) is 2.61. The van der Waals surface area contributed by atoms with Crippen LogP contribution in [0.1, 0.15) is 0 Å². The minimum Gasteiger partial charge on any atom is -0.394 e. The van der Waals surface area contributed by atoms with E-state index in [1.165, 1.54) is 0 Å². The van der Waals surface area contributed by atoms with Crippen molar-refractivity contribution in [3.63, 3.8) is 0 Å². The quantitative estimate of drug-likeness (QED) is 0.361. The second kappa shape index (κ2) is 3.46. The van der Waals surface area contributed by atoms with E-state index in [9.17, 15) is 0 Å². The smallest absolute Gasteiger partial charge is 0.114 e. The van der Waals surface area contributed by atoms with E-state index in [1.807, 2.05) is 0 Å². The number of aliphatic hydroxyl groups excluding tert-OH is 4. The number of hydrogen-bond donors (Lipinski definition) is 4. The highest BCUT2D eigenvalue weighted by Gasteiger charge is 2.38. The molecule has 0 spiro atoms. The highest BCUT2D eigenvalue weighted by molar-refractivity contribution is 4.87. The summed E-state index contributed by atoms with van der Waals surface area (Å²) in [5, 5.41) is 35.5. The summed E-state index contributed by atoms with van der Waals surface area (Å²) in [5.74, 6) is 0.